The number of pyridine rings is 1. The van der Waals surface area contributed by atoms with Gasteiger partial charge in [-0.2, -0.15) is 0 Å². The Hall–Kier alpha value is -4.46. The summed E-state index contributed by atoms with van der Waals surface area (Å²) in [5, 5.41) is 0. The van der Waals surface area contributed by atoms with Gasteiger partial charge >= 0.3 is 12.1 Å². The number of hydrogen-bond acceptors (Lipinski definition) is 6. The van der Waals surface area contributed by atoms with Crippen molar-refractivity contribution in [2.24, 2.45) is 0 Å². The molecule has 2 amide bonds. The summed E-state index contributed by atoms with van der Waals surface area (Å²) in [4.78, 5) is 46.6. The van der Waals surface area contributed by atoms with Crippen molar-refractivity contribution >= 4 is 24.0 Å². The minimum atomic E-state index is -1.84. The summed E-state index contributed by atoms with van der Waals surface area (Å²) in [6, 6.07) is 20.7. The fourth-order valence-corrected chi connectivity index (χ4v) is 4.18. The maximum absolute atomic E-state index is 13.6. The quantitative estimate of drug-likeness (QED) is 0.245. The fourth-order valence-electron chi connectivity index (χ4n) is 4.18. The zero-order valence-electron chi connectivity index (χ0n) is 18.1. The molecule has 0 radical (unpaired) electrons. The molecule has 34 heavy (non-hydrogen) atoms. The van der Waals surface area contributed by atoms with Crippen molar-refractivity contribution in [2.45, 2.75) is 11.6 Å². The minimum Gasteiger partial charge on any atom is -0.447 e. The van der Waals surface area contributed by atoms with Gasteiger partial charge in [-0.1, -0.05) is 54.6 Å². The van der Waals surface area contributed by atoms with Crippen LogP contribution in [-0.2, 0) is 14.3 Å². The van der Waals surface area contributed by atoms with Gasteiger partial charge in [-0.25, -0.2) is 9.59 Å². The lowest BCUT2D eigenvalue weighted by Crippen LogP contribution is -2.77. The lowest BCUT2D eigenvalue weighted by molar-refractivity contribution is -0.173. The summed E-state index contributed by atoms with van der Waals surface area (Å²) in [6.45, 7) is -0.0330. The van der Waals surface area contributed by atoms with Gasteiger partial charge in [-0.05, 0) is 35.4 Å². The number of likely N-dealkylation sites (tertiary alicyclic amines) is 1. The van der Waals surface area contributed by atoms with Crippen LogP contribution in [-0.4, -0.2) is 51.4 Å². The molecule has 2 aliphatic rings. The molecule has 2 atom stereocenters. The Balaban J connectivity index is 1.49. The molecule has 170 valence electrons. The van der Waals surface area contributed by atoms with Crippen molar-refractivity contribution in [1.82, 2.24) is 14.8 Å². The topological polar surface area (TPSA) is 89.0 Å². The number of para-hydroxylation sites is 1. The second-order valence-electron chi connectivity index (χ2n) is 7.97. The third-order valence-electron chi connectivity index (χ3n) is 5.91. The molecule has 8 nitrogen and oxygen atoms in total. The van der Waals surface area contributed by atoms with Crippen LogP contribution in [0.4, 0.5) is 4.79 Å². The molecule has 2 aromatic carbocycles. The summed E-state index contributed by atoms with van der Waals surface area (Å²) < 4.78 is 10.9. The van der Waals surface area contributed by atoms with Crippen LogP contribution in [0.1, 0.15) is 17.2 Å². The maximum Gasteiger partial charge on any atom is 0.411 e. The van der Waals surface area contributed by atoms with Gasteiger partial charge in [0.2, 0.25) is 5.54 Å². The Labute approximate surface area is 196 Å². The number of carbonyl (C=O) groups excluding carboxylic acids is 3. The Morgan fingerprint density at radius 1 is 1.03 bits per heavy atom. The summed E-state index contributed by atoms with van der Waals surface area (Å²) in [6.07, 6.45) is 5.87. The molecular formula is C26H21N3O5. The Bertz CT molecular complexity index is 1230. The highest BCUT2D eigenvalue weighted by molar-refractivity contribution is 6.15. The predicted octanol–water partition coefficient (Wildman–Crippen LogP) is 3.43. The second-order valence-corrected chi connectivity index (χ2v) is 7.97. The van der Waals surface area contributed by atoms with Crippen molar-refractivity contribution in [3.05, 3.63) is 103 Å². The number of benzene rings is 2. The van der Waals surface area contributed by atoms with Gasteiger partial charge in [-0.15, -0.1) is 0 Å². The maximum atomic E-state index is 13.6. The number of amides is 2. The molecule has 2 fully saturated rings. The predicted molar refractivity (Wildman–Crippen MR) is 122 cm³/mol. The van der Waals surface area contributed by atoms with Crippen LogP contribution in [0.5, 0.6) is 5.75 Å². The number of carbonyl (C=O) groups is 3. The first-order valence-electron chi connectivity index (χ1n) is 10.8. The highest BCUT2D eigenvalue weighted by Gasteiger charge is 2.67. The number of β-lactam (4-membered cyclic amide) rings is 1. The van der Waals surface area contributed by atoms with Gasteiger partial charge in [0, 0.05) is 18.6 Å². The number of ether oxygens (including phenoxy) is 2. The third kappa shape index (κ3) is 3.69. The van der Waals surface area contributed by atoms with Crippen LogP contribution < -0.4 is 4.74 Å². The fraction of sp³-hybridized carbons (Fsp3) is 0.154. The molecule has 0 N–H and O–H groups in total. The summed E-state index contributed by atoms with van der Waals surface area (Å²) in [5.41, 5.74) is -0.289. The minimum absolute atomic E-state index is 0.0298. The van der Waals surface area contributed by atoms with Crippen LogP contribution in [0.25, 0.3) is 6.08 Å². The zero-order valence-corrected chi connectivity index (χ0v) is 18.1. The number of nitrogens with zero attached hydrogens (tertiary/aromatic N) is 3. The molecule has 3 heterocycles. The number of esters is 1. The first kappa shape index (κ1) is 21.4. The van der Waals surface area contributed by atoms with Crippen LogP contribution in [0.3, 0.4) is 0 Å². The zero-order chi connectivity index (χ0) is 23.5. The molecule has 0 unspecified atom stereocenters. The first-order chi connectivity index (χ1) is 16.6. The molecule has 2 aliphatic heterocycles. The molecule has 8 heteroatoms. The lowest BCUT2D eigenvalue weighted by atomic mass is 9.84. The highest BCUT2D eigenvalue weighted by atomic mass is 16.6. The monoisotopic (exact) mass is 455 g/mol. The van der Waals surface area contributed by atoms with E-state index in [0.29, 0.717) is 0 Å². The lowest BCUT2D eigenvalue weighted by Gasteiger charge is -2.50. The smallest absolute Gasteiger partial charge is 0.411 e. The van der Waals surface area contributed by atoms with Gasteiger partial charge < -0.3 is 14.4 Å². The average molecular weight is 455 g/mol. The average Bonchev–Trinajstić information content (AvgIpc) is 3.26. The van der Waals surface area contributed by atoms with Crippen LogP contribution in [0, 0.1) is 0 Å². The van der Waals surface area contributed by atoms with Crippen molar-refractivity contribution in [2.75, 3.05) is 13.2 Å². The molecule has 3 aromatic rings. The molecule has 0 bridgehead atoms. The van der Waals surface area contributed by atoms with Crippen molar-refractivity contribution in [3.8, 4) is 5.75 Å². The Morgan fingerprint density at radius 3 is 2.44 bits per heavy atom. The summed E-state index contributed by atoms with van der Waals surface area (Å²) in [5.74, 6) is -1.10. The highest BCUT2D eigenvalue weighted by Crippen LogP contribution is 2.41. The largest absolute Gasteiger partial charge is 0.447 e. The van der Waals surface area contributed by atoms with Gasteiger partial charge in [0.15, 0.2) is 0 Å². The van der Waals surface area contributed by atoms with Crippen LogP contribution >= 0.6 is 0 Å². The van der Waals surface area contributed by atoms with E-state index in [4.69, 9.17) is 9.47 Å². The first-order valence-corrected chi connectivity index (χ1v) is 10.8. The Morgan fingerprint density at radius 2 is 1.76 bits per heavy atom. The van der Waals surface area contributed by atoms with Crippen molar-refractivity contribution < 1.29 is 23.9 Å². The molecule has 0 spiro atoms. The van der Waals surface area contributed by atoms with E-state index in [1.54, 1.807) is 61.1 Å². The van der Waals surface area contributed by atoms with E-state index in [0.717, 1.165) is 11.1 Å². The van der Waals surface area contributed by atoms with Gasteiger partial charge in [0.1, 0.15) is 12.4 Å². The normalized spacial score (nSPS) is 21.9. The molecule has 1 aromatic heterocycles. The van der Waals surface area contributed by atoms with Crippen LogP contribution in [0.2, 0.25) is 0 Å². The second kappa shape index (κ2) is 8.82. The van der Waals surface area contributed by atoms with Gasteiger partial charge in [0.25, 0.3) is 5.91 Å². The molecular weight excluding hydrogens is 434 g/mol. The van der Waals surface area contributed by atoms with Gasteiger partial charge in [0.05, 0.1) is 12.6 Å². The summed E-state index contributed by atoms with van der Waals surface area (Å²) >= 11 is 0. The van der Waals surface area contributed by atoms with E-state index >= 15 is 0 Å². The van der Waals surface area contributed by atoms with Gasteiger partial charge in [-0.3, -0.25) is 14.7 Å². The van der Waals surface area contributed by atoms with Crippen molar-refractivity contribution in [1.29, 1.82) is 0 Å². The molecule has 0 saturated carbocycles. The number of aromatic nitrogens is 1. The molecule has 2 saturated heterocycles. The number of cyclic esters (lactones) is 1. The van der Waals surface area contributed by atoms with Crippen LogP contribution in [0.15, 0.2) is 91.4 Å². The summed E-state index contributed by atoms with van der Waals surface area (Å²) in [7, 11) is 0. The third-order valence-corrected chi connectivity index (χ3v) is 5.91. The van der Waals surface area contributed by atoms with E-state index in [1.807, 2.05) is 36.4 Å². The molecule has 5 rings (SSSR count). The number of rotatable bonds is 6. The van der Waals surface area contributed by atoms with E-state index in [1.165, 1.54) is 9.80 Å². The SMILES string of the molecule is O=C1OC[C@H](c2ccccc2)N1[C@@]1(C(=O)Oc2ccccc2)CN(C=Cc2cccnc2)C1=O. The molecule has 0 aliphatic carbocycles. The van der Waals surface area contributed by atoms with E-state index in [9.17, 15) is 14.4 Å². The number of hydrogen-bond donors (Lipinski definition) is 0. The Kier molecular flexibility index (Phi) is 5.55. The van der Waals surface area contributed by atoms with E-state index in [-0.39, 0.29) is 18.9 Å². The van der Waals surface area contributed by atoms with Crippen molar-refractivity contribution in [3.63, 3.8) is 0 Å². The van der Waals surface area contributed by atoms with E-state index in [2.05, 4.69) is 4.98 Å². The van der Waals surface area contributed by atoms with E-state index < -0.39 is 29.6 Å². The standard InChI is InChI=1S/C26H21N3O5/c30-23-26(24(31)34-21-11-5-2-6-12-21,18-28(23)15-13-19-8-7-14-27-16-19)29-22(17-33-25(29)32)20-9-3-1-4-10-20/h1-16,22H,17-18H2/t22-,26+/m1/s1.